The molecule has 1 aromatic carbocycles. The molecule has 1 aliphatic rings. The Labute approximate surface area is 224 Å². The van der Waals surface area contributed by atoms with Gasteiger partial charge in [-0.05, 0) is 43.0 Å². The van der Waals surface area contributed by atoms with E-state index in [2.05, 4.69) is 43.8 Å². The standard InChI is InChI=1S/C24H33F3N8O4/c1-28-8-10-34(21-4-6-22(7-5-21)39-24(25,26)27)11-9-31-13-19(12-29-2)14-32-20-15-33(18-38-17-20)16-23(30-3)35(36)37/h4-7,12-13,16,20,28,32H,2-3,8-11,14-15,17-18H2,1H3/b19-12+,23-16+,31-13?. The average Bonchev–Trinajstić information content (AvgIpc) is 2.89. The molecule has 12 nitrogen and oxygen atoms in total. The number of nitrogens with zero attached hydrogens (tertiary/aromatic N) is 6. The van der Waals surface area contributed by atoms with Gasteiger partial charge < -0.3 is 40.0 Å². The molecule has 0 radical (unpaired) electrons. The van der Waals surface area contributed by atoms with Gasteiger partial charge >= 0.3 is 12.2 Å². The quantitative estimate of drug-likeness (QED) is 0.181. The highest BCUT2D eigenvalue weighted by molar-refractivity contribution is 5.79. The molecule has 1 saturated heterocycles. The summed E-state index contributed by atoms with van der Waals surface area (Å²) in [4.78, 5) is 25.7. The lowest BCUT2D eigenvalue weighted by Crippen LogP contribution is -2.48. The van der Waals surface area contributed by atoms with E-state index in [1.54, 1.807) is 29.4 Å². The van der Waals surface area contributed by atoms with Crippen LogP contribution in [0.4, 0.5) is 18.9 Å². The van der Waals surface area contributed by atoms with Gasteiger partial charge in [0.25, 0.3) is 0 Å². The van der Waals surface area contributed by atoms with Crippen LogP contribution in [0.25, 0.3) is 0 Å². The predicted octanol–water partition coefficient (Wildman–Crippen LogP) is 2.29. The molecule has 0 aromatic heterocycles. The molecule has 0 saturated carbocycles. The Kier molecular flexibility index (Phi) is 13.1. The molecule has 39 heavy (non-hydrogen) atoms. The van der Waals surface area contributed by atoms with Gasteiger partial charge in [0.2, 0.25) is 0 Å². The molecule has 1 aliphatic heterocycles. The number of anilines is 1. The summed E-state index contributed by atoms with van der Waals surface area (Å²) in [5, 5.41) is 17.3. The van der Waals surface area contributed by atoms with E-state index in [4.69, 9.17) is 4.74 Å². The van der Waals surface area contributed by atoms with Gasteiger partial charge in [0, 0.05) is 62.4 Å². The van der Waals surface area contributed by atoms with E-state index in [0.29, 0.717) is 45.9 Å². The number of alkyl halides is 3. The Hall–Kier alpha value is -3.82. The van der Waals surface area contributed by atoms with Crippen LogP contribution in [0, 0.1) is 10.1 Å². The molecule has 0 bridgehead atoms. The van der Waals surface area contributed by atoms with E-state index in [9.17, 15) is 23.3 Å². The Balaban J connectivity index is 1.92. The molecule has 0 spiro atoms. The number of nitrogens with one attached hydrogen (secondary N) is 2. The third kappa shape index (κ3) is 12.1. The predicted molar refractivity (Wildman–Crippen MR) is 144 cm³/mol. The third-order valence-corrected chi connectivity index (χ3v) is 5.35. The average molecular weight is 555 g/mol. The van der Waals surface area contributed by atoms with Gasteiger partial charge in [0.05, 0.1) is 13.2 Å². The fourth-order valence-corrected chi connectivity index (χ4v) is 3.56. The Morgan fingerprint density at radius 1 is 1.33 bits per heavy atom. The number of rotatable bonds is 16. The summed E-state index contributed by atoms with van der Waals surface area (Å²) < 4.78 is 46.8. The zero-order chi connectivity index (χ0) is 28.7. The minimum atomic E-state index is -4.74. The van der Waals surface area contributed by atoms with Crippen molar-refractivity contribution < 1.29 is 27.6 Å². The zero-order valence-electron chi connectivity index (χ0n) is 21.6. The largest absolute Gasteiger partial charge is 0.573 e. The van der Waals surface area contributed by atoms with Gasteiger partial charge in [0.15, 0.2) is 0 Å². The maximum atomic E-state index is 12.4. The minimum Gasteiger partial charge on any atom is -0.406 e. The highest BCUT2D eigenvalue weighted by Crippen LogP contribution is 2.25. The van der Waals surface area contributed by atoms with Gasteiger partial charge in [-0.3, -0.25) is 9.98 Å². The number of ether oxygens (including phenoxy) is 2. The van der Waals surface area contributed by atoms with Crippen molar-refractivity contribution in [3.05, 3.63) is 58.2 Å². The number of likely N-dealkylation sites (N-methyl/N-ethyl adjacent to an activating group) is 1. The van der Waals surface area contributed by atoms with Crippen LogP contribution in [0.5, 0.6) is 5.75 Å². The summed E-state index contributed by atoms with van der Waals surface area (Å²) in [6.07, 6.45) is -0.206. The van der Waals surface area contributed by atoms with Crippen LogP contribution in [0.15, 0.2) is 63.0 Å². The van der Waals surface area contributed by atoms with Crippen molar-refractivity contribution in [2.45, 2.75) is 12.4 Å². The Morgan fingerprint density at radius 3 is 2.69 bits per heavy atom. The van der Waals surface area contributed by atoms with Crippen molar-refractivity contribution in [2.24, 2.45) is 15.0 Å². The van der Waals surface area contributed by atoms with Crippen LogP contribution in [0.3, 0.4) is 0 Å². The second kappa shape index (κ2) is 16.2. The van der Waals surface area contributed by atoms with E-state index in [0.717, 1.165) is 11.3 Å². The molecular formula is C24H33F3N8O4. The number of hydrogen-bond donors (Lipinski definition) is 2. The molecule has 0 aliphatic carbocycles. The van der Waals surface area contributed by atoms with E-state index < -0.39 is 11.3 Å². The Bertz CT molecular complexity index is 1030. The maximum absolute atomic E-state index is 12.4. The van der Waals surface area contributed by atoms with Crippen molar-refractivity contribution in [1.29, 1.82) is 0 Å². The van der Waals surface area contributed by atoms with Gasteiger partial charge in [-0.25, -0.2) is 0 Å². The summed E-state index contributed by atoms with van der Waals surface area (Å²) >= 11 is 0. The molecule has 214 valence electrons. The molecule has 2 rings (SSSR count). The summed E-state index contributed by atoms with van der Waals surface area (Å²) in [5.74, 6) is -0.646. The molecule has 2 N–H and O–H groups in total. The normalized spacial score (nSPS) is 16.8. The van der Waals surface area contributed by atoms with Crippen LogP contribution in [-0.4, -0.2) is 102 Å². The van der Waals surface area contributed by atoms with Crippen molar-refractivity contribution in [1.82, 2.24) is 15.5 Å². The van der Waals surface area contributed by atoms with Crippen molar-refractivity contribution >= 4 is 25.3 Å². The van der Waals surface area contributed by atoms with Crippen LogP contribution >= 0.6 is 0 Å². The van der Waals surface area contributed by atoms with E-state index in [1.165, 1.54) is 18.3 Å². The van der Waals surface area contributed by atoms with Gasteiger partial charge in [-0.1, -0.05) is 4.99 Å². The first-order valence-corrected chi connectivity index (χ1v) is 11.9. The van der Waals surface area contributed by atoms with Gasteiger partial charge in [-0.15, -0.1) is 13.2 Å². The van der Waals surface area contributed by atoms with E-state index in [-0.39, 0.29) is 24.3 Å². The summed E-state index contributed by atoms with van der Waals surface area (Å²) in [7, 11) is 1.81. The first kappa shape index (κ1) is 31.4. The molecule has 0 amide bonds. The Morgan fingerprint density at radius 2 is 2.08 bits per heavy atom. The maximum Gasteiger partial charge on any atom is 0.573 e. The molecule has 15 heteroatoms. The second-order valence-electron chi connectivity index (χ2n) is 8.31. The van der Waals surface area contributed by atoms with Gasteiger partial charge in [0.1, 0.15) is 25.4 Å². The van der Waals surface area contributed by atoms with E-state index in [1.807, 2.05) is 11.9 Å². The number of aliphatic imine (C=N–C) groups is 3. The highest BCUT2D eigenvalue weighted by Gasteiger charge is 2.31. The van der Waals surface area contributed by atoms with Crippen molar-refractivity contribution in [2.75, 3.05) is 64.6 Å². The molecule has 1 unspecified atom stereocenters. The molecule has 1 fully saturated rings. The van der Waals surface area contributed by atoms with Crippen molar-refractivity contribution in [3.63, 3.8) is 0 Å². The summed E-state index contributed by atoms with van der Waals surface area (Å²) in [6, 6.07) is 5.58. The lowest BCUT2D eigenvalue weighted by Gasteiger charge is -2.32. The van der Waals surface area contributed by atoms with Crippen LogP contribution < -0.4 is 20.3 Å². The third-order valence-electron chi connectivity index (χ3n) is 5.35. The molecule has 1 heterocycles. The van der Waals surface area contributed by atoms with Gasteiger partial charge in [-0.2, -0.15) is 0 Å². The number of halogens is 3. The lowest BCUT2D eigenvalue weighted by atomic mass is 10.2. The number of nitro groups is 1. The summed E-state index contributed by atoms with van der Waals surface area (Å²) in [6.45, 7) is 10.4. The fraction of sp³-hybridized carbons (Fsp3) is 0.458. The smallest absolute Gasteiger partial charge is 0.406 e. The monoisotopic (exact) mass is 554 g/mol. The fourth-order valence-electron chi connectivity index (χ4n) is 3.56. The minimum absolute atomic E-state index is 0.115. The molecular weight excluding hydrogens is 521 g/mol. The second-order valence-corrected chi connectivity index (χ2v) is 8.31. The highest BCUT2D eigenvalue weighted by atomic mass is 19.4. The first-order chi connectivity index (χ1) is 18.6. The SMILES string of the molecule is C=N/C=C(\C=NCCN(CCNC)c1ccc(OC(F)(F)F)cc1)CNC1COCN(/C=C(\N=C)[N+](=O)[O-])C1. The van der Waals surface area contributed by atoms with Crippen LogP contribution in [-0.2, 0) is 4.74 Å². The summed E-state index contributed by atoms with van der Waals surface area (Å²) in [5.41, 5.74) is 1.50. The number of benzene rings is 1. The topological polar surface area (TPSA) is 129 Å². The van der Waals surface area contributed by atoms with Crippen LogP contribution in [0.2, 0.25) is 0 Å². The molecule has 1 atom stereocenters. The van der Waals surface area contributed by atoms with Crippen LogP contribution in [0.1, 0.15) is 0 Å². The molecule has 1 aromatic rings. The number of hydrogen-bond acceptors (Lipinski definition) is 11. The lowest BCUT2D eigenvalue weighted by molar-refractivity contribution is -0.427. The van der Waals surface area contributed by atoms with Crippen molar-refractivity contribution in [3.8, 4) is 5.75 Å². The first-order valence-electron chi connectivity index (χ1n) is 11.9. The zero-order valence-corrected chi connectivity index (χ0v) is 21.6. The van der Waals surface area contributed by atoms with E-state index >= 15 is 0 Å².